The van der Waals surface area contributed by atoms with Crippen LogP contribution in [0.5, 0.6) is 0 Å². The Hall–Kier alpha value is -1.26. The third kappa shape index (κ3) is 3.89. The first-order chi connectivity index (χ1) is 9.62. The predicted octanol–water partition coefficient (Wildman–Crippen LogP) is -2.80. The van der Waals surface area contributed by atoms with Crippen molar-refractivity contribution in [3.05, 3.63) is 0 Å². The molecule has 9 nitrogen and oxygen atoms in total. The summed E-state index contributed by atoms with van der Waals surface area (Å²) >= 11 is 0. The number of carbonyl (C=O) groups is 2. The number of hydrogen-bond acceptors (Lipinski definition) is 7. The minimum atomic E-state index is -1.78. The van der Waals surface area contributed by atoms with Gasteiger partial charge in [-0.15, -0.1) is 0 Å². The summed E-state index contributed by atoms with van der Waals surface area (Å²) in [6.45, 7) is 1.62. The minimum absolute atomic E-state index is 0.300. The van der Waals surface area contributed by atoms with Crippen LogP contribution in [-0.2, 0) is 14.3 Å². The summed E-state index contributed by atoms with van der Waals surface area (Å²) in [5, 5.41) is 49.9. The van der Waals surface area contributed by atoms with Gasteiger partial charge in [0, 0.05) is 13.3 Å². The van der Waals surface area contributed by atoms with Crippen LogP contribution >= 0.6 is 0 Å². The second-order valence-electron chi connectivity index (χ2n) is 5.36. The zero-order valence-corrected chi connectivity index (χ0v) is 11.8. The number of carbonyl (C=O) groups excluding carboxylic acids is 1. The number of nitrogens with one attached hydrogen (secondary N) is 1. The van der Waals surface area contributed by atoms with Crippen molar-refractivity contribution in [3.8, 4) is 0 Å². The number of carboxylic acid groups (broad SMARTS) is 1. The Morgan fingerprint density at radius 2 is 2.00 bits per heavy atom. The molecular weight excluding hydrogens is 286 g/mol. The largest absolute Gasteiger partial charge is 0.479 e. The van der Waals surface area contributed by atoms with Crippen LogP contribution in [0, 0.1) is 0 Å². The van der Waals surface area contributed by atoms with E-state index in [9.17, 15) is 24.9 Å². The number of aliphatic hydroxyl groups is 4. The molecule has 9 heteroatoms. The molecule has 21 heavy (non-hydrogen) atoms. The van der Waals surface area contributed by atoms with Crippen molar-refractivity contribution in [2.45, 2.75) is 56.3 Å². The Labute approximate surface area is 121 Å². The summed E-state index contributed by atoms with van der Waals surface area (Å²) in [5.74, 6) is -1.87. The fourth-order valence-corrected chi connectivity index (χ4v) is 2.33. The minimum Gasteiger partial charge on any atom is -0.479 e. The van der Waals surface area contributed by atoms with Crippen LogP contribution in [0.4, 0.5) is 0 Å². The molecule has 1 aliphatic heterocycles. The van der Waals surface area contributed by atoms with E-state index in [1.165, 1.54) is 13.8 Å². The summed E-state index contributed by atoms with van der Waals surface area (Å²) in [6, 6.07) is -1.11. The molecule has 1 fully saturated rings. The van der Waals surface area contributed by atoms with Crippen LogP contribution in [0.1, 0.15) is 20.3 Å². The molecule has 6 N–H and O–H groups in total. The quantitative estimate of drug-likeness (QED) is 0.318. The van der Waals surface area contributed by atoms with E-state index < -0.39 is 54.5 Å². The number of aliphatic carboxylic acids is 1. The highest BCUT2D eigenvalue weighted by molar-refractivity contribution is 5.77. The van der Waals surface area contributed by atoms with E-state index in [1.54, 1.807) is 0 Å². The summed E-state index contributed by atoms with van der Waals surface area (Å²) in [6.07, 6.45) is -6.27. The molecule has 0 aliphatic carbocycles. The van der Waals surface area contributed by atoms with Gasteiger partial charge in [0.05, 0.1) is 18.8 Å². The maximum absolute atomic E-state index is 11.2. The molecule has 0 aromatic carbocycles. The van der Waals surface area contributed by atoms with E-state index in [-0.39, 0.29) is 6.42 Å². The first-order valence-corrected chi connectivity index (χ1v) is 6.45. The van der Waals surface area contributed by atoms with Gasteiger partial charge in [0.25, 0.3) is 0 Å². The SMILES string of the molecule is CC(=O)N[C@H]1C([C@H](O)[C@H](O)CO)O[C@@](C)(C(=O)O)C[C@H]1O. The van der Waals surface area contributed by atoms with Gasteiger partial charge in [0.2, 0.25) is 5.91 Å². The first-order valence-electron chi connectivity index (χ1n) is 6.45. The molecule has 0 spiro atoms. The number of amides is 1. The number of ether oxygens (including phenoxy) is 1. The van der Waals surface area contributed by atoms with Gasteiger partial charge in [-0.1, -0.05) is 0 Å². The predicted molar refractivity (Wildman–Crippen MR) is 68.2 cm³/mol. The van der Waals surface area contributed by atoms with Crippen LogP contribution in [0.3, 0.4) is 0 Å². The highest BCUT2D eigenvalue weighted by Crippen LogP contribution is 2.31. The maximum atomic E-state index is 11.2. The van der Waals surface area contributed by atoms with E-state index in [1.807, 2.05) is 0 Å². The van der Waals surface area contributed by atoms with E-state index >= 15 is 0 Å². The molecule has 1 amide bonds. The van der Waals surface area contributed by atoms with Crippen molar-refractivity contribution in [3.63, 3.8) is 0 Å². The molecule has 122 valence electrons. The molecule has 1 heterocycles. The van der Waals surface area contributed by atoms with Crippen molar-refractivity contribution in [1.82, 2.24) is 5.32 Å². The molecule has 0 saturated carbocycles. The zero-order valence-electron chi connectivity index (χ0n) is 11.8. The Morgan fingerprint density at radius 1 is 1.43 bits per heavy atom. The van der Waals surface area contributed by atoms with Crippen molar-refractivity contribution in [2.75, 3.05) is 6.61 Å². The second-order valence-corrected chi connectivity index (χ2v) is 5.36. The fourth-order valence-electron chi connectivity index (χ4n) is 2.33. The molecule has 1 aliphatic rings. The van der Waals surface area contributed by atoms with Crippen molar-refractivity contribution in [2.24, 2.45) is 0 Å². The van der Waals surface area contributed by atoms with Gasteiger partial charge in [-0.05, 0) is 6.92 Å². The molecule has 6 atom stereocenters. The summed E-state index contributed by atoms with van der Waals surface area (Å²) in [7, 11) is 0. The molecule has 0 bridgehead atoms. The Balaban J connectivity index is 3.07. The standard InChI is InChI=1S/C12H21NO8/c1-5(15)13-8-6(16)3-12(2,11(19)20)21-10(8)9(18)7(17)4-14/h6-10,14,16-18H,3-4H2,1-2H3,(H,13,15)(H,19,20)/t6-,7-,8-,9-,10?,12-/m1/s1. The van der Waals surface area contributed by atoms with Gasteiger partial charge in [-0.3, -0.25) is 4.79 Å². The third-order valence-electron chi connectivity index (χ3n) is 3.50. The topological polar surface area (TPSA) is 157 Å². The molecule has 1 unspecified atom stereocenters. The summed E-state index contributed by atoms with van der Waals surface area (Å²) in [4.78, 5) is 22.4. The Morgan fingerprint density at radius 3 is 2.43 bits per heavy atom. The molecular formula is C12H21NO8. The highest BCUT2D eigenvalue weighted by Gasteiger charge is 2.51. The van der Waals surface area contributed by atoms with E-state index in [0.29, 0.717) is 0 Å². The molecule has 1 saturated heterocycles. The van der Waals surface area contributed by atoms with Gasteiger partial charge in [-0.2, -0.15) is 0 Å². The van der Waals surface area contributed by atoms with Crippen molar-refractivity contribution in [1.29, 1.82) is 0 Å². The zero-order chi connectivity index (χ0) is 16.4. The maximum Gasteiger partial charge on any atom is 0.335 e. The van der Waals surface area contributed by atoms with Crippen LogP contribution in [0.25, 0.3) is 0 Å². The first kappa shape index (κ1) is 17.8. The van der Waals surface area contributed by atoms with Crippen LogP contribution < -0.4 is 5.32 Å². The van der Waals surface area contributed by atoms with Gasteiger partial charge in [-0.25, -0.2) is 4.79 Å². The number of carboxylic acids is 1. The van der Waals surface area contributed by atoms with Crippen LogP contribution in [0.15, 0.2) is 0 Å². The van der Waals surface area contributed by atoms with Gasteiger partial charge in [0.15, 0.2) is 5.60 Å². The van der Waals surface area contributed by atoms with E-state index in [0.717, 1.165) is 0 Å². The Bertz CT molecular complexity index is 403. The molecule has 0 aromatic rings. The normalized spacial score (nSPS) is 35.8. The average molecular weight is 307 g/mol. The summed E-state index contributed by atoms with van der Waals surface area (Å²) in [5.41, 5.74) is -1.78. The fraction of sp³-hybridized carbons (Fsp3) is 0.833. The van der Waals surface area contributed by atoms with E-state index in [2.05, 4.69) is 5.32 Å². The smallest absolute Gasteiger partial charge is 0.335 e. The molecule has 1 rings (SSSR count). The van der Waals surface area contributed by atoms with E-state index in [4.69, 9.17) is 14.9 Å². The molecule has 0 aromatic heterocycles. The van der Waals surface area contributed by atoms with Crippen LogP contribution in [0.2, 0.25) is 0 Å². The van der Waals surface area contributed by atoms with Crippen molar-refractivity contribution < 1.29 is 39.9 Å². The number of aliphatic hydroxyl groups excluding tert-OH is 4. The Kier molecular flexibility index (Phi) is 5.65. The monoisotopic (exact) mass is 307 g/mol. The van der Waals surface area contributed by atoms with Crippen molar-refractivity contribution >= 4 is 11.9 Å². The lowest BCUT2D eigenvalue weighted by Crippen LogP contribution is -2.66. The lowest BCUT2D eigenvalue weighted by Gasteiger charge is -2.45. The molecule has 0 radical (unpaired) electrons. The van der Waals surface area contributed by atoms with Gasteiger partial charge < -0.3 is 35.6 Å². The second kappa shape index (κ2) is 6.67. The summed E-state index contributed by atoms with van der Waals surface area (Å²) < 4.78 is 5.31. The number of rotatable bonds is 5. The van der Waals surface area contributed by atoms with Crippen LogP contribution in [-0.4, -0.2) is 80.1 Å². The lowest BCUT2D eigenvalue weighted by atomic mass is 9.84. The number of hydrogen-bond donors (Lipinski definition) is 6. The van der Waals surface area contributed by atoms with Gasteiger partial charge >= 0.3 is 5.97 Å². The average Bonchev–Trinajstić information content (AvgIpc) is 2.39. The third-order valence-corrected chi connectivity index (χ3v) is 3.50. The lowest BCUT2D eigenvalue weighted by molar-refractivity contribution is -0.224. The van der Waals surface area contributed by atoms with Gasteiger partial charge in [0.1, 0.15) is 18.3 Å². The highest BCUT2D eigenvalue weighted by atomic mass is 16.6.